The van der Waals surface area contributed by atoms with E-state index in [0.29, 0.717) is 48.2 Å². The first-order valence-electron chi connectivity index (χ1n) is 10.6. The van der Waals surface area contributed by atoms with Gasteiger partial charge in [-0.25, -0.2) is 4.98 Å². The lowest BCUT2D eigenvalue weighted by atomic mass is 10.1. The van der Waals surface area contributed by atoms with Crippen LogP contribution in [0.5, 0.6) is 5.75 Å². The van der Waals surface area contributed by atoms with Crippen molar-refractivity contribution in [2.24, 2.45) is 0 Å². The number of amides is 2. The number of alkyl halides is 3. The summed E-state index contributed by atoms with van der Waals surface area (Å²) in [7, 11) is 0. The molecule has 34 heavy (non-hydrogen) atoms. The maximum atomic E-state index is 12.9. The number of aromatic nitrogens is 1. The Hall–Kier alpha value is -3.40. The van der Waals surface area contributed by atoms with Crippen molar-refractivity contribution in [3.05, 3.63) is 70.7 Å². The second-order valence-electron chi connectivity index (χ2n) is 7.85. The number of hydrogen-bond acceptors (Lipinski definition) is 5. The van der Waals surface area contributed by atoms with Gasteiger partial charge < -0.3 is 14.5 Å². The number of hydrogen-bond donors (Lipinski definition) is 0. The Morgan fingerprint density at radius 2 is 1.71 bits per heavy atom. The van der Waals surface area contributed by atoms with Crippen molar-refractivity contribution in [3.8, 4) is 16.3 Å². The quantitative estimate of drug-likeness (QED) is 0.521. The Labute approximate surface area is 198 Å². The molecule has 0 spiro atoms. The van der Waals surface area contributed by atoms with Gasteiger partial charge in [0.05, 0.1) is 5.56 Å². The molecule has 4 rings (SSSR count). The number of nitrogens with zero attached hydrogens (tertiary/aromatic N) is 3. The zero-order chi connectivity index (χ0) is 24.3. The third-order valence-electron chi connectivity index (χ3n) is 5.50. The Bertz CT molecular complexity index is 1170. The Morgan fingerprint density at radius 3 is 2.35 bits per heavy atom. The highest BCUT2D eigenvalue weighted by molar-refractivity contribution is 7.13. The molecule has 2 aromatic carbocycles. The lowest BCUT2D eigenvalue weighted by Crippen LogP contribution is -2.50. The van der Waals surface area contributed by atoms with E-state index in [2.05, 4.69) is 4.98 Å². The molecule has 0 bridgehead atoms. The van der Waals surface area contributed by atoms with E-state index in [1.807, 2.05) is 0 Å². The fourth-order valence-electron chi connectivity index (χ4n) is 3.59. The average molecular weight is 490 g/mol. The number of thiazole rings is 1. The second kappa shape index (κ2) is 9.84. The van der Waals surface area contributed by atoms with E-state index in [1.165, 1.54) is 24.3 Å². The van der Waals surface area contributed by atoms with Gasteiger partial charge in [-0.2, -0.15) is 13.2 Å². The minimum Gasteiger partial charge on any atom is -0.489 e. The van der Waals surface area contributed by atoms with Crippen LogP contribution >= 0.6 is 11.3 Å². The molecule has 10 heteroatoms. The van der Waals surface area contributed by atoms with Gasteiger partial charge in [0.15, 0.2) is 0 Å². The van der Waals surface area contributed by atoms with Crippen molar-refractivity contribution in [2.75, 3.05) is 26.2 Å². The van der Waals surface area contributed by atoms with Crippen molar-refractivity contribution in [1.29, 1.82) is 0 Å². The lowest BCUT2D eigenvalue weighted by molar-refractivity contribution is -0.137. The normalized spacial score (nSPS) is 14.2. The van der Waals surface area contributed by atoms with Gasteiger partial charge in [0.2, 0.25) is 5.91 Å². The second-order valence-corrected chi connectivity index (χ2v) is 8.71. The molecule has 6 nitrogen and oxygen atoms in total. The number of ether oxygens (including phenoxy) is 1. The summed E-state index contributed by atoms with van der Waals surface area (Å²) in [5.74, 6) is 0.356. The zero-order valence-electron chi connectivity index (χ0n) is 18.3. The largest absolute Gasteiger partial charge is 0.489 e. The van der Waals surface area contributed by atoms with Crippen LogP contribution in [0.2, 0.25) is 0 Å². The molecule has 1 fully saturated rings. The summed E-state index contributed by atoms with van der Waals surface area (Å²) in [5, 5.41) is 2.39. The summed E-state index contributed by atoms with van der Waals surface area (Å²) in [4.78, 5) is 32.1. The van der Waals surface area contributed by atoms with Crippen molar-refractivity contribution < 1.29 is 27.5 Å². The predicted octanol–water partition coefficient (Wildman–Crippen LogP) is 4.71. The molecule has 0 radical (unpaired) electrons. The van der Waals surface area contributed by atoms with E-state index in [0.717, 1.165) is 17.7 Å². The van der Waals surface area contributed by atoms with Crippen LogP contribution in [-0.2, 0) is 17.6 Å². The molecule has 0 N–H and O–H groups in total. The summed E-state index contributed by atoms with van der Waals surface area (Å²) in [6.07, 6.45) is -4.39. The number of carbonyl (C=O) groups is 2. The number of rotatable bonds is 5. The highest BCUT2D eigenvalue weighted by Crippen LogP contribution is 2.30. The average Bonchev–Trinajstić information content (AvgIpc) is 3.33. The number of benzene rings is 2. The van der Waals surface area contributed by atoms with Gasteiger partial charge in [-0.1, -0.05) is 12.1 Å². The number of halogens is 3. The zero-order valence-corrected chi connectivity index (χ0v) is 19.2. The molecule has 0 atom stereocenters. The maximum Gasteiger partial charge on any atom is 0.416 e. The molecule has 2 amide bonds. The first kappa shape index (κ1) is 23.7. The van der Waals surface area contributed by atoms with Gasteiger partial charge in [0.1, 0.15) is 23.1 Å². The van der Waals surface area contributed by atoms with Crippen molar-refractivity contribution >= 4 is 23.2 Å². The fraction of sp³-hybridized carbons (Fsp3) is 0.292. The van der Waals surface area contributed by atoms with Crippen LogP contribution in [0.3, 0.4) is 0 Å². The van der Waals surface area contributed by atoms with E-state index < -0.39 is 11.7 Å². The molecule has 0 unspecified atom stereocenters. The molecule has 1 aliphatic heterocycles. The predicted molar refractivity (Wildman–Crippen MR) is 121 cm³/mol. The molecule has 1 aromatic heterocycles. The molecule has 178 valence electrons. The standard InChI is InChI=1S/C24H22F3N3O3S/c1-16(31)29-9-11-30(12-10-29)23(32)21-15-34-22(28-21)18-5-7-20(8-6-18)33-14-17-3-2-4-19(13-17)24(25,26)27/h2-8,13,15H,9-12,14H2,1H3. The van der Waals surface area contributed by atoms with Crippen LogP contribution < -0.4 is 4.74 Å². The molecule has 0 saturated carbocycles. The van der Waals surface area contributed by atoms with Gasteiger partial charge in [-0.05, 0) is 42.0 Å². The summed E-state index contributed by atoms with van der Waals surface area (Å²) in [6, 6.07) is 12.0. The smallest absolute Gasteiger partial charge is 0.416 e. The van der Waals surface area contributed by atoms with Crippen LogP contribution in [-0.4, -0.2) is 52.8 Å². The van der Waals surface area contributed by atoms with Gasteiger partial charge in [-0.3, -0.25) is 9.59 Å². The van der Waals surface area contributed by atoms with Crippen LogP contribution in [0.1, 0.15) is 28.5 Å². The lowest BCUT2D eigenvalue weighted by Gasteiger charge is -2.33. The highest BCUT2D eigenvalue weighted by Gasteiger charge is 2.30. The summed E-state index contributed by atoms with van der Waals surface area (Å²) >= 11 is 1.35. The minimum atomic E-state index is -4.39. The molecule has 0 aliphatic carbocycles. The van der Waals surface area contributed by atoms with E-state index in [9.17, 15) is 22.8 Å². The van der Waals surface area contributed by atoms with E-state index in [4.69, 9.17) is 4.74 Å². The van der Waals surface area contributed by atoms with Crippen LogP contribution in [0.4, 0.5) is 13.2 Å². The third-order valence-corrected chi connectivity index (χ3v) is 6.39. The van der Waals surface area contributed by atoms with E-state index in [-0.39, 0.29) is 18.4 Å². The van der Waals surface area contributed by atoms with E-state index >= 15 is 0 Å². The van der Waals surface area contributed by atoms with Gasteiger partial charge >= 0.3 is 6.18 Å². The molecular formula is C24H22F3N3O3S. The Kier molecular flexibility index (Phi) is 6.87. The van der Waals surface area contributed by atoms with Crippen LogP contribution in [0, 0.1) is 0 Å². The van der Waals surface area contributed by atoms with Gasteiger partial charge in [0.25, 0.3) is 5.91 Å². The number of carbonyl (C=O) groups excluding carboxylic acids is 2. The monoisotopic (exact) mass is 489 g/mol. The molecular weight excluding hydrogens is 467 g/mol. The molecule has 2 heterocycles. The summed E-state index contributed by atoms with van der Waals surface area (Å²) in [5.41, 5.74) is 0.878. The van der Waals surface area contributed by atoms with Crippen LogP contribution in [0.25, 0.3) is 10.6 Å². The highest BCUT2D eigenvalue weighted by atomic mass is 32.1. The van der Waals surface area contributed by atoms with E-state index in [1.54, 1.807) is 45.5 Å². The first-order valence-corrected chi connectivity index (χ1v) is 11.5. The maximum absolute atomic E-state index is 12.9. The molecule has 1 saturated heterocycles. The first-order chi connectivity index (χ1) is 16.2. The topological polar surface area (TPSA) is 62.7 Å². The number of piperazine rings is 1. The van der Waals surface area contributed by atoms with Crippen LogP contribution in [0.15, 0.2) is 53.9 Å². The third kappa shape index (κ3) is 5.56. The Morgan fingerprint density at radius 1 is 1.03 bits per heavy atom. The van der Waals surface area contributed by atoms with Crippen molar-refractivity contribution in [1.82, 2.24) is 14.8 Å². The van der Waals surface area contributed by atoms with Gasteiger partial charge in [-0.15, -0.1) is 11.3 Å². The van der Waals surface area contributed by atoms with Crippen molar-refractivity contribution in [2.45, 2.75) is 19.7 Å². The summed E-state index contributed by atoms with van der Waals surface area (Å²) in [6.45, 7) is 3.51. The minimum absolute atomic E-state index is 0.00490. The fourth-order valence-corrected chi connectivity index (χ4v) is 4.39. The van der Waals surface area contributed by atoms with Crippen molar-refractivity contribution in [3.63, 3.8) is 0 Å². The van der Waals surface area contributed by atoms with Gasteiger partial charge in [0, 0.05) is 44.0 Å². The summed E-state index contributed by atoms with van der Waals surface area (Å²) < 4.78 is 44.2. The SMILES string of the molecule is CC(=O)N1CCN(C(=O)c2csc(-c3ccc(OCc4cccc(C(F)(F)F)c4)cc3)n2)CC1. The molecule has 1 aliphatic rings. The Balaban J connectivity index is 1.36. The molecule has 3 aromatic rings.